The van der Waals surface area contributed by atoms with Gasteiger partial charge >= 0.3 is 42.6 Å². The summed E-state index contributed by atoms with van der Waals surface area (Å²) in [5.74, 6) is -2.01. The van der Waals surface area contributed by atoms with Crippen molar-refractivity contribution in [1.29, 1.82) is 0 Å². The molecule has 6 rings (SSSR count). The second-order valence-electron chi connectivity index (χ2n) is 32.2. The number of carbonyl (C=O) groups excluding carboxylic acids is 3. The summed E-state index contributed by atoms with van der Waals surface area (Å²) in [5.41, 5.74) is 16.5. The maximum absolute atomic E-state index is 13.2. The van der Waals surface area contributed by atoms with Gasteiger partial charge in [0, 0.05) is 30.3 Å². The summed E-state index contributed by atoms with van der Waals surface area (Å²) in [5, 5.41) is 28.2. The zero-order valence-corrected chi connectivity index (χ0v) is 71.4. The lowest BCUT2D eigenvalue weighted by Crippen LogP contribution is -2.42. The number of carbonyl (C=O) groups is 4. The second-order valence-corrected chi connectivity index (χ2v) is 52.3. The van der Waals surface area contributed by atoms with Gasteiger partial charge < -0.3 is 60.6 Å². The number of ether oxygens (including phenoxy) is 2. The number of hydrogen-bond acceptors (Lipinski definition) is 16. The highest BCUT2D eigenvalue weighted by molar-refractivity contribution is 6.82. The molecule has 614 valence electrons. The van der Waals surface area contributed by atoms with Gasteiger partial charge in [-0.15, -0.1) is 0 Å². The maximum Gasteiger partial charge on any atom is 0.418 e. The van der Waals surface area contributed by atoms with Crippen LogP contribution in [0.3, 0.4) is 0 Å². The number of nitrogen functional groups attached to an aromatic ring is 3. The van der Waals surface area contributed by atoms with E-state index in [1.54, 1.807) is 39.8 Å². The summed E-state index contributed by atoms with van der Waals surface area (Å²) < 4.78 is 180. The van der Waals surface area contributed by atoms with Crippen molar-refractivity contribution in [3.63, 3.8) is 0 Å². The van der Waals surface area contributed by atoms with Gasteiger partial charge in [-0.25, -0.2) is 14.4 Å². The quantitative estimate of drug-likeness (QED) is 0.0238. The number of aliphatic carboxylic acids is 1. The molecule has 0 aliphatic carbocycles. The van der Waals surface area contributed by atoms with Crippen LogP contribution < -0.4 is 22.5 Å². The fourth-order valence-electron chi connectivity index (χ4n) is 8.53. The lowest BCUT2D eigenvalue weighted by molar-refractivity contribution is -0.146. The number of fused-ring (bicyclic) bond motifs is 2. The first-order valence-corrected chi connectivity index (χ1v) is 46.5. The summed E-state index contributed by atoms with van der Waals surface area (Å²) in [6, 6.07) is 10.8. The first-order valence-electron chi connectivity index (χ1n) is 34.6. The van der Waals surface area contributed by atoms with Crippen LogP contribution in [0.5, 0.6) is 0 Å². The van der Waals surface area contributed by atoms with Crippen LogP contribution in [-0.4, -0.2) is 130 Å². The molecule has 2 aliphatic heterocycles. The molecule has 0 radical (unpaired) electrons. The largest absolute Gasteiger partial charge is 0.480 e. The minimum absolute atomic E-state index is 0.0135. The zero-order chi connectivity index (χ0) is 85.1. The number of amides is 1. The highest BCUT2D eigenvalue weighted by atomic mass is 28.4. The van der Waals surface area contributed by atoms with Gasteiger partial charge in [0.25, 0.3) is 0 Å². The number of rotatable bonds is 16. The lowest BCUT2D eigenvalue weighted by Gasteiger charge is -2.36. The predicted molar refractivity (Wildman–Crippen MR) is 415 cm³/mol. The van der Waals surface area contributed by atoms with Crippen LogP contribution in [-0.2, 0) is 79.5 Å². The normalized spacial score (nSPS) is 13.4. The van der Waals surface area contributed by atoms with E-state index in [4.69, 9.17) is 50.5 Å². The summed E-state index contributed by atoms with van der Waals surface area (Å²) in [7, 11) is -7.46. The van der Waals surface area contributed by atoms with Gasteiger partial charge in [-0.1, -0.05) is 96.2 Å². The number of aliphatic hydroxyl groups excluding tert-OH is 2. The minimum Gasteiger partial charge on any atom is -0.480 e. The molecule has 4 aromatic rings. The van der Waals surface area contributed by atoms with Gasteiger partial charge in [-0.2, -0.15) is 52.7 Å². The summed E-state index contributed by atoms with van der Waals surface area (Å²) in [6.07, 6.45) is -17.4. The minimum atomic E-state index is -4.55. The number of alkyl halides is 12. The van der Waals surface area contributed by atoms with E-state index < -0.39 is 110 Å². The Bertz CT molecular complexity index is 3740. The van der Waals surface area contributed by atoms with Crippen molar-refractivity contribution in [2.75, 3.05) is 68.8 Å². The average Bonchev–Trinajstić information content (AvgIpc) is 1.63. The van der Waals surface area contributed by atoms with Crippen LogP contribution in [0.25, 0.3) is 0 Å². The standard InChI is InChI=1S/C17H24F3NOSi.C16H25F3N2OSi.C11H10F3NO.C10H22O3Si.C8H9F3N2.C8H18O3Si.C4H8O3/c1-11-7-14(17(18,19)20)13-9-12(21-15(13)8-11)10-22-23(5,6)16(2,3)4;1-10-7-11(16(17,18)19)14(20)12(8-10)21-13(22)9-23(5,6)15(2,3)4;1-6-2-9(11(12,13)14)8-4-7(5-16)15-10(8)3-6;1-7-12-9(11)8-13-14(5,6)10(2,3)4;1-4-2-5(8(9,10)11)7(13)6(12)3-4;1-8(2,3)12(4,5)11-6-7(9)10;1-2-7-4(6)3-5/h7-8H,9-10H2,1-6H3;7-8H,9,20H2,1-6H3,(H,21,22);2-3,16H,4-5H2,1H3;7-8H2,1-6H3;2-3H,12-13H2,1H3;6H2,1-5H3,(H,9,10);5H,2-3H2,1H3. The van der Waals surface area contributed by atoms with Gasteiger partial charge in [0.2, 0.25) is 5.91 Å². The molecule has 0 atom stereocenters. The van der Waals surface area contributed by atoms with Gasteiger partial charge in [0.1, 0.15) is 19.8 Å². The Hall–Kier alpha value is -6.67. The monoisotopic (exact) mass is 1620 g/mol. The van der Waals surface area contributed by atoms with Crippen molar-refractivity contribution < 1.29 is 110 Å². The van der Waals surface area contributed by atoms with Crippen molar-refractivity contribution in [3.8, 4) is 0 Å². The Labute approximate surface area is 633 Å². The van der Waals surface area contributed by atoms with Crippen molar-refractivity contribution in [2.45, 2.75) is 241 Å². The molecule has 2 aliphatic rings. The second kappa shape index (κ2) is 40.0. The van der Waals surface area contributed by atoms with Crippen LogP contribution >= 0.6 is 0 Å². The first-order chi connectivity index (χ1) is 48.4. The molecule has 1 amide bonds. The van der Waals surface area contributed by atoms with E-state index >= 15 is 0 Å². The van der Waals surface area contributed by atoms with Crippen LogP contribution in [0.1, 0.15) is 153 Å². The number of hydrogen-bond donors (Lipinski definition) is 7. The molecule has 0 saturated carbocycles. The summed E-state index contributed by atoms with van der Waals surface area (Å²) in [4.78, 5) is 51.9. The smallest absolute Gasteiger partial charge is 0.418 e. The van der Waals surface area contributed by atoms with E-state index in [9.17, 15) is 71.9 Å². The average molecular weight is 1620 g/mol. The van der Waals surface area contributed by atoms with Gasteiger partial charge in [0.15, 0.2) is 25.0 Å². The molecular formula is C74H116F12N6O12Si4. The summed E-state index contributed by atoms with van der Waals surface area (Å²) in [6.45, 7) is 52.0. The molecule has 18 nitrogen and oxygen atoms in total. The molecule has 0 unspecified atom stereocenters. The highest BCUT2D eigenvalue weighted by Crippen LogP contribution is 2.46. The topological polar surface area (TPSA) is 290 Å². The Morgan fingerprint density at radius 3 is 1.17 bits per heavy atom. The molecule has 0 aromatic heterocycles. The van der Waals surface area contributed by atoms with Crippen molar-refractivity contribution >= 4 is 102 Å². The van der Waals surface area contributed by atoms with Crippen LogP contribution in [0.15, 0.2) is 58.5 Å². The third-order valence-electron chi connectivity index (χ3n) is 18.9. The number of nitrogens with one attached hydrogen (secondary N) is 1. The number of aliphatic hydroxyl groups is 2. The fourth-order valence-corrected chi connectivity index (χ4v) is 12.7. The third kappa shape index (κ3) is 33.1. The van der Waals surface area contributed by atoms with Gasteiger partial charge in [0.05, 0.1) is 90.9 Å². The van der Waals surface area contributed by atoms with Crippen LogP contribution in [0, 0.1) is 27.7 Å². The molecule has 4 aromatic carbocycles. The van der Waals surface area contributed by atoms with Crippen molar-refractivity contribution in [3.05, 3.63) is 104 Å². The summed E-state index contributed by atoms with van der Waals surface area (Å²) >= 11 is 0. The Kier molecular flexibility index (Phi) is 37.5. The molecule has 0 saturated heterocycles. The number of anilines is 4. The predicted octanol–water partition coefficient (Wildman–Crippen LogP) is 19.7. The molecule has 0 spiro atoms. The number of aryl methyl sites for hydroxylation is 4. The first kappa shape index (κ1) is 101. The number of aliphatic imine (C=N–C) groups is 2. The number of esters is 2. The highest BCUT2D eigenvalue weighted by Gasteiger charge is 2.43. The van der Waals surface area contributed by atoms with Crippen LogP contribution in [0.2, 0.25) is 78.6 Å². The number of carboxylic acid groups (broad SMARTS) is 1. The molecule has 2 heterocycles. The number of carboxylic acids is 1. The molecule has 0 bridgehead atoms. The van der Waals surface area contributed by atoms with Gasteiger partial charge in [-0.05, 0) is 183 Å². The maximum atomic E-state index is 13.2. The Morgan fingerprint density at radius 2 is 0.815 bits per heavy atom. The lowest BCUT2D eigenvalue weighted by atomic mass is 10.00. The number of nitrogens with two attached hydrogens (primary N) is 3. The van der Waals surface area contributed by atoms with E-state index in [1.165, 1.54) is 32.0 Å². The van der Waals surface area contributed by atoms with Crippen molar-refractivity contribution in [1.82, 2.24) is 0 Å². The molecular weight excluding hydrogens is 1510 g/mol. The molecule has 0 fully saturated rings. The Morgan fingerprint density at radius 1 is 0.472 bits per heavy atom. The van der Waals surface area contributed by atoms with Crippen LogP contribution in [0.4, 0.5) is 86.8 Å². The fraction of sp³-hybridized carbons (Fsp3) is 0.595. The molecule has 108 heavy (non-hydrogen) atoms. The Balaban J connectivity index is 0.00000127. The molecule has 34 heteroatoms. The van der Waals surface area contributed by atoms with E-state index in [0.717, 1.165) is 18.2 Å². The number of benzene rings is 4. The zero-order valence-electron chi connectivity index (χ0n) is 67.4. The van der Waals surface area contributed by atoms with Crippen molar-refractivity contribution in [2.24, 2.45) is 9.98 Å². The van der Waals surface area contributed by atoms with E-state index in [2.05, 4.69) is 142 Å². The number of halogens is 12. The SMILES string of the molecule is CC(C)(C)[Si](C)(C)OCC(=O)O.CCOC(=O)CO.CCOC(=O)CO[Si](C)(C)C(C)(C)C.Cc1cc(N)c(N)c(C(F)(F)F)c1.Cc1cc(NC(=O)C[Si](C)(C)C(C)(C)C)c(N)c(C(F)(F)F)c1.Cc1cc2c(c(C(F)(F)F)c1)CC(CO)=N2.Cc1cc2c(c(C(F)(F)F)c1)CC(CO[Si](C)(C)C(C)(C)C)=N2. The van der Waals surface area contributed by atoms with Gasteiger partial charge in [-0.3, -0.25) is 14.8 Å². The van der Waals surface area contributed by atoms with E-state index in [1.807, 2.05) is 13.1 Å². The number of nitrogens with zero attached hydrogens (tertiary/aromatic N) is 2. The third-order valence-corrected chi connectivity index (χ3v) is 37.6. The molecule has 10 N–H and O–H groups in total. The van der Waals surface area contributed by atoms with E-state index in [0.29, 0.717) is 70.9 Å². The van der Waals surface area contributed by atoms with E-state index in [-0.39, 0.29) is 87.2 Å².